The zero-order chi connectivity index (χ0) is 14.2. The van der Waals surface area contributed by atoms with Gasteiger partial charge in [0, 0.05) is 10.5 Å². The third-order valence-electron chi connectivity index (χ3n) is 3.41. The molecule has 2 rings (SSSR count). The molecule has 0 saturated heterocycles. The summed E-state index contributed by atoms with van der Waals surface area (Å²) in [6.07, 6.45) is 5.93. The van der Waals surface area contributed by atoms with E-state index in [2.05, 4.69) is 26.6 Å². The van der Waals surface area contributed by atoms with Gasteiger partial charge in [0.1, 0.15) is 12.4 Å². The van der Waals surface area contributed by atoms with Gasteiger partial charge < -0.3 is 15.4 Å². The van der Waals surface area contributed by atoms with Crippen LogP contribution in [0, 0.1) is 0 Å². The Morgan fingerprint density at radius 2 is 1.90 bits per heavy atom. The molecule has 0 aliphatic heterocycles. The molecule has 0 bridgehead atoms. The van der Waals surface area contributed by atoms with Crippen molar-refractivity contribution in [2.45, 2.75) is 38.1 Å². The van der Waals surface area contributed by atoms with Crippen LogP contribution in [0.15, 0.2) is 28.7 Å². The average Bonchev–Trinajstić information content (AvgIpc) is 2.46. The van der Waals surface area contributed by atoms with Gasteiger partial charge in [0.05, 0.1) is 6.54 Å². The van der Waals surface area contributed by atoms with Gasteiger partial charge in [-0.1, -0.05) is 35.2 Å². The van der Waals surface area contributed by atoms with Crippen molar-refractivity contribution in [3.8, 4) is 5.75 Å². The molecule has 1 aromatic rings. The number of halogens is 1. The normalized spacial score (nSPS) is 15.7. The third-order valence-corrected chi connectivity index (χ3v) is 3.94. The lowest BCUT2D eigenvalue weighted by molar-refractivity contribution is 0.228. The molecular weight excluding hydrogens is 320 g/mol. The number of rotatable bonds is 5. The molecule has 1 aliphatic carbocycles. The van der Waals surface area contributed by atoms with E-state index in [1.54, 1.807) is 0 Å². The fraction of sp³-hybridized carbons (Fsp3) is 0.533. The highest BCUT2D eigenvalue weighted by molar-refractivity contribution is 9.10. The number of urea groups is 1. The summed E-state index contributed by atoms with van der Waals surface area (Å²) in [6, 6.07) is 7.91. The number of amides is 2. The molecule has 1 saturated carbocycles. The molecular formula is C15H21BrN2O2. The largest absolute Gasteiger partial charge is 0.492 e. The summed E-state index contributed by atoms with van der Waals surface area (Å²) in [5.41, 5.74) is 0. The fourth-order valence-electron chi connectivity index (χ4n) is 2.35. The van der Waals surface area contributed by atoms with E-state index in [0.29, 0.717) is 19.2 Å². The molecule has 0 spiro atoms. The zero-order valence-corrected chi connectivity index (χ0v) is 13.1. The van der Waals surface area contributed by atoms with E-state index in [9.17, 15) is 4.79 Å². The fourth-order valence-corrected chi connectivity index (χ4v) is 2.61. The Morgan fingerprint density at radius 3 is 2.60 bits per heavy atom. The van der Waals surface area contributed by atoms with Gasteiger partial charge in [0.2, 0.25) is 0 Å². The summed E-state index contributed by atoms with van der Waals surface area (Å²) in [7, 11) is 0. The summed E-state index contributed by atoms with van der Waals surface area (Å²) in [6.45, 7) is 0.980. The lowest BCUT2D eigenvalue weighted by Gasteiger charge is -2.22. The minimum Gasteiger partial charge on any atom is -0.492 e. The standard InChI is InChI=1S/C15H21BrN2O2/c16-12-6-8-14(9-7-12)20-11-10-17-15(19)18-13-4-2-1-3-5-13/h6-9,13H,1-5,10-11H2,(H2,17,18,19). The quantitative estimate of drug-likeness (QED) is 0.806. The molecule has 0 heterocycles. The van der Waals surface area contributed by atoms with Crippen LogP contribution in [0.4, 0.5) is 4.79 Å². The van der Waals surface area contributed by atoms with E-state index in [0.717, 1.165) is 23.1 Å². The van der Waals surface area contributed by atoms with E-state index in [4.69, 9.17) is 4.74 Å². The van der Waals surface area contributed by atoms with E-state index >= 15 is 0 Å². The van der Waals surface area contributed by atoms with Crippen LogP contribution in [-0.4, -0.2) is 25.2 Å². The summed E-state index contributed by atoms with van der Waals surface area (Å²) in [5.74, 6) is 0.808. The number of carbonyl (C=O) groups excluding carboxylic acids is 1. The smallest absolute Gasteiger partial charge is 0.315 e. The monoisotopic (exact) mass is 340 g/mol. The van der Waals surface area contributed by atoms with Crippen molar-refractivity contribution in [3.05, 3.63) is 28.7 Å². The molecule has 110 valence electrons. The second kappa shape index (κ2) is 8.15. The van der Waals surface area contributed by atoms with Gasteiger partial charge in [-0.3, -0.25) is 0 Å². The van der Waals surface area contributed by atoms with E-state index < -0.39 is 0 Å². The number of ether oxygens (including phenoxy) is 1. The lowest BCUT2D eigenvalue weighted by atomic mass is 9.96. The van der Waals surface area contributed by atoms with Crippen LogP contribution in [0.5, 0.6) is 5.75 Å². The average molecular weight is 341 g/mol. The Morgan fingerprint density at radius 1 is 1.20 bits per heavy atom. The van der Waals surface area contributed by atoms with Gasteiger partial charge >= 0.3 is 6.03 Å². The Balaban J connectivity index is 1.58. The molecule has 0 aromatic heterocycles. The minimum atomic E-state index is -0.0868. The third kappa shape index (κ3) is 5.41. The van der Waals surface area contributed by atoms with E-state index in [-0.39, 0.29) is 6.03 Å². The molecule has 2 amide bonds. The van der Waals surface area contributed by atoms with Crippen LogP contribution >= 0.6 is 15.9 Å². The van der Waals surface area contributed by atoms with Crippen molar-refractivity contribution < 1.29 is 9.53 Å². The van der Waals surface area contributed by atoms with Crippen molar-refractivity contribution in [3.63, 3.8) is 0 Å². The highest BCUT2D eigenvalue weighted by Crippen LogP contribution is 2.17. The van der Waals surface area contributed by atoms with Crippen molar-refractivity contribution >= 4 is 22.0 Å². The maximum absolute atomic E-state index is 11.7. The number of nitrogens with one attached hydrogen (secondary N) is 2. The van der Waals surface area contributed by atoms with Gasteiger partial charge in [0.25, 0.3) is 0 Å². The maximum Gasteiger partial charge on any atom is 0.315 e. The summed E-state index contributed by atoms with van der Waals surface area (Å²) in [4.78, 5) is 11.7. The molecule has 2 N–H and O–H groups in total. The Bertz CT molecular complexity index is 416. The van der Waals surface area contributed by atoms with Crippen molar-refractivity contribution in [1.82, 2.24) is 10.6 Å². The Kier molecular flexibility index (Phi) is 6.18. The number of carbonyl (C=O) groups is 1. The molecule has 0 radical (unpaired) electrons. The predicted molar refractivity (Wildman–Crippen MR) is 83.0 cm³/mol. The molecule has 0 atom stereocenters. The first-order valence-corrected chi connectivity index (χ1v) is 7.96. The first-order valence-electron chi connectivity index (χ1n) is 7.17. The first kappa shape index (κ1) is 15.2. The molecule has 1 aliphatic rings. The molecule has 5 heteroatoms. The lowest BCUT2D eigenvalue weighted by Crippen LogP contribution is -2.44. The van der Waals surface area contributed by atoms with Gasteiger partial charge in [-0.15, -0.1) is 0 Å². The van der Waals surface area contributed by atoms with Gasteiger partial charge in [-0.05, 0) is 37.1 Å². The zero-order valence-electron chi connectivity index (χ0n) is 11.5. The van der Waals surface area contributed by atoms with Crippen LogP contribution in [0.1, 0.15) is 32.1 Å². The Labute approximate surface area is 128 Å². The van der Waals surface area contributed by atoms with Crippen molar-refractivity contribution in [1.29, 1.82) is 0 Å². The van der Waals surface area contributed by atoms with Crippen LogP contribution in [0.25, 0.3) is 0 Å². The van der Waals surface area contributed by atoms with Crippen LogP contribution in [0.3, 0.4) is 0 Å². The van der Waals surface area contributed by atoms with Gasteiger partial charge in [0.15, 0.2) is 0 Å². The number of hydrogen-bond acceptors (Lipinski definition) is 2. The highest BCUT2D eigenvalue weighted by Gasteiger charge is 2.14. The van der Waals surface area contributed by atoms with Crippen molar-refractivity contribution in [2.24, 2.45) is 0 Å². The van der Waals surface area contributed by atoms with Crippen molar-refractivity contribution in [2.75, 3.05) is 13.2 Å². The molecule has 1 fully saturated rings. The molecule has 20 heavy (non-hydrogen) atoms. The molecule has 1 aromatic carbocycles. The molecule has 4 nitrogen and oxygen atoms in total. The summed E-state index contributed by atoms with van der Waals surface area (Å²) in [5, 5.41) is 5.84. The van der Waals surface area contributed by atoms with Crippen LogP contribution < -0.4 is 15.4 Å². The highest BCUT2D eigenvalue weighted by atomic mass is 79.9. The second-order valence-corrected chi connectivity index (χ2v) is 5.95. The summed E-state index contributed by atoms with van der Waals surface area (Å²) >= 11 is 3.37. The maximum atomic E-state index is 11.7. The van der Waals surface area contributed by atoms with Gasteiger partial charge in [-0.25, -0.2) is 4.79 Å². The summed E-state index contributed by atoms with van der Waals surface area (Å²) < 4.78 is 6.56. The Hall–Kier alpha value is -1.23. The number of benzene rings is 1. The van der Waals surface area contributed by atoms with E-state index in [1.807, 2.05) is 24.3 Å². The first-order chi connectivity index (χ1) is 9.74. The topological polar surface area (TPSA) is 50.4 Å². The van der Waals surface area contributed by atoms with Gasteiger partial charge in [-0.2, -0.15) is 0 Å². The SMILES string of the molecule is O=C(NCCOc1ccc(Br)cc1)NC1CCCCC1. The second-order valence-electron chi connectivity index (χ2n) is 5.04. The minimum absolute atomic E-state index is 0.0868. The van der Waals surface area contributed by atoms with Crippen LogP contribution in [-0.2, 0) is 0 Å². The predicted octanol–water partition coefficient (Wildman–Crippen LogP) is 3.46. The number of hydrogen-bond donors (Lipinski definition) is 2. The molecule has 0 unspecified atom stereocenters. The van der Waals surface area contributed by atoms with Crippen LogP contribution in [0.2, 0.25) is 0 Å². The van der Waals surface area contributed by atoms with E-state index in [1.165, 1.54) is 19.3 Å².